The molecule has 15 heavy (non-hydrogen) atoms. The van der Waals surface area contributed by atoms with E-state index in [1.54, 1.807) is 0 Å². The average Bonchev–Trinajstić information content (AvgIpc) is 2.16. The summed E-state index contributed by atoms with van der Waals surface area (Å²) in [5, 5.41) is 1.50. The second-order valence-electron chi connectivity index (χ2n) is 3.85. The summed E-state index contributed by atoms with van der Waals surface area (Å²) in [6.07, 6.45) is 1.85. The maximum absolute atomic E-state index is 6.19. The molecular formula is C10H15Br2Cl3. The van der Waals surface area contributed by atoms with Crippen molar-refractivity contribution in [2.24, 2.45) is 0 Å². The number of halogens is 5. The summed E-state index contributed by atoms with van der Waals surface area (Å²) in [5.74, 6) is 0.375. The molecule has 1 atom stereocenters. The van der Waals surface area contributed by atoms with Gasteiger partial charge in [0.05, 0.1) is 10.8 Å². The lowest BCUT2D eigenvalue weighted by atomic mass is 10.0. The molecule has 0 rings (SSSR count). The van der Waals surface area contributed by atoms with E-state index >= 15 is 0 Å². The van der Waals surface area contributed by atoms with Gasteiger partial charge < -0.3 is 0 Å². The predicted octanol–water partition coefficient (Wildman–Crippen LogP) is 5.67. The van der Waals surface area contributed by atoms with Crippen molar-refractivity contribution in [3.63, 3.8) is 0 Å². The van der Waals surface area contributed by atoms with Crippen LogP contribution in [-0.2, 0) is 0 Å². The van der Waals surface area contributed by atoms with Crippen LogP contribution in [0, 0.1) is 0 Å². The van der Waals surface area contributed by atoms with Gasteiger partial charge in [-0.05, 0) is 32.3 Å². The summed E-state index contributed by atoms with van der Waals surface area (Å²) in [5.41, 5.74) is 1.15. The van der Waals surface area contributed by atoms with Crippen LogP contribution in [0.2, 0.25) is 0 Å². The molecular weight excluding hydrogens is 386 g/mol. The topological polar surface area (TPSA) is 0 Å². The van der Waals surface area contributed by atoms with E-state index in [4.69, 9.17) is 34.8 Å². The number of hydrogen-bond acceptors (Lipinski definition) is 0. The Morgan fingerprint density at radius 3 is 2.27 bits per heavy atom. The van der Waals surface area contributed by atoms with Crippen LogP contribution in [0.5, 0.6) is 0 Å². The minimum absolute atomic E-state index is 0.245. The molecule has 0 aliphatic carbocycles. The fourth-order valence-electron chi connectivity index (χ4n) is 1.01. The lowest BCUT2D eigenvalue weighted by Crippen LogP contribution is -2.24. The highest BCUT2D eigenvalue weighted by Crippen LogP contribution is 2.30. The minimum atomic E-state index is -0.245. The van der Waals surface area contributed by atoms with Gasteiger partial charge >= 0.3 is 0 Å². The first-order chi connectivity index (χ1) is 6.82. The third-order valence-corrected chi connectivity index (χ3v) is 5.72. The highest BCUT2D eigenvalue weighted by molar-refractivity contribution is 9.09. The number of allylic oxidation sites excluding steroid dienone is 2. The molecule has 0 nitrogen and oxygen atoms in total. The second-order valence-corrected chi connectivity index (χ2v) is 7.21. The first kappa shape index (κ1) is 16.6. The van der Waals surface area contributed by atoms with E-state index in [2.05, 4.69) is 31.9 Å². The summed E-state index contributed by atoms with van der Waals surface area (Å²) >= 11 is 24.9. The van der Waals surface area contributed by atoms with Crippen molar-refractivity contribution in [1.29, 1.82) is 0 Å². The van der Waals surface area contributed by atoms with Crippen molar-refractivity contribution in [3.05, 3.63) is 10.6 Å². The van der Waals surface area contributed by atoms with Crippen molar-refractivity contribution in [1.82, 2.24) is 0 Å². The molecule has 0 radical (unpaired) electrons. The standard InChI is InChI=1S/C10H15Br2Cl3/c1-10(2,15)9(12)4-3-7(5-11)8(14)6-13/h9H,3-6H2,1-2H3/b8-7-. The minimum Gasteiger partial charge on any atom is -0.121 e. The molecule has 0 aromatic carbocycles. The molecule has 1 unspecified atom stereocenters. The first-order valence-electron chi connectivity index (χ1n) is 4.64. The van der Waals surface area contributed by atoms with E-state index in [0.717, 1.165) is 28.8 Å². The molecule has 0 bridgehead atoms. The molecule has 0 aliphatic heterocycles. The molecule has 0 saturated heterocycles. The van der Waals surface area contributed by atoms with Crippen molar-refractivity contribution in [2.45, 2.75) is 36.4 Å². The lowest BCUT2D eigenvalue weighted by Gasteiger charge is -2.23. The Balaban J connectivity index is 4.25. The summed E-state index contributed by atoms with van der Waals surface area (Å²) < 4.78 is 0. The summed E-state index contributed by atoms with van der Waals surface area (Å²) in [4.78, 5) is 0.0192. The molecule has 0 saturated carbocycles. The van der Waals surface area contributed by atoms with E-state index in [1.807, 2.05) is 13.8 Å². The van der Waals surface area contributed by atoms with E-state index in [9.17, 15) is 0 Å². The van der Waals surface area contributed by atoms with E-state index < -0.39 is 0 Å². The first-order valence-corrected chi connectivity index (χ1v) is 7.97. The van der Waals surface area contributed by atoms with Gasteiger partial charge in [-0.25, -0.2) is 0 Å². The maximum atomic E-state index is 6.19. The third kappa shape index (κ3) is 6.78. The van der Waals surface area contributed by atoms with Crippen LogP contribution in [0.3, 0.4) is 0 Å². The molecule has 0 N–H and O–H groups in total. The second kappa shape index (κ2) is 7.81. The zero-order valence-electron chi connectivity index (χ0n) is 8.80. The van der Waals surface area contributed by atoms with E-state index in [1.165, 1.54) is 0 Å². The highest BCUT2D eigenvalue weighted by atomic mass is 79.9. The van der Waals surface area contributed by atoms with Crippen molar-refractivity contribution < 1.29 is 0 Å². The van der Waals surface area contributed by atoms with Crippen LogP contribution >= 0.6 is 66.7 Å². The molecule has 0 amide bonds. The fourth-order valence-corrected chi connectivity index (χ4v) is 2.48. The zero-order chi connectivity index (χ0) is 12.1. The molecule has 0 heterocycles. The van der Waals surface area contributed by atoms with Gasteiger partial charge in [-0.2, -0.15) is 0 Å². The van der Waals surface area contributed by atoms with Crippen LogP contribution in [0.15, 0.2) is 10.6 Å². The zero-order valence-corrected chi connectivity index (χ0v) is 14.2. The van der Waals surface area contributed by atoms with Crippen molar-refractivity contribution >= 4 is 66.7 Å². The van der Waals surface area contributed by atoms with Crippen LogP contribution in [0.1, 0.15) is 26.7 Å². The molecule has 0 aliphatic rings. The fraction of sp³-hybridized carbons (Fsp3) is 0.800. The van der Waals surface area contributed by atoms with Gasteiger partial charge in [0.25, 0.3) is 0 Å². The number of alkyl halides is 4. The Labute approximate surface area is 124 Å². The molecule has 5 heteroatoms. The Kier molecular flexibility index (Phi) is 8.63. The normalized spacial score (nSPS) is 16.2. The molecule has 90 valence electrons. The van der Waals surface area contributed by atoms with Crippen LogP contribution in [0.4, 0.5) is 0 Å². The maximum Gasteiger partial charge on any atom is 0.0581 e. The van der Waals surface area contributed by atoms with Gasteiger partial charge in [0, 0.05) is 15.2 Å². The van der Waals surface area contributed by atoms with Crippen LogP contribution in [-0.4, -0.2) is 20.9 Å². The Hall–Kier alpha value is 1.57. The van der Waals surface area contributed by atoms with Gasteiger partial charge in [-0.15, -0.1) is 23.2 Å². The molecule has 0 fully saturated rings. The van der Waals surface area contributed by atoms with Crippen LogP contribution in [0.25, 0.3) is 0 Å². The molecule has 0 spiro atoms. The predicted molar refractivity (Wildman–Crippen MR) is 79.3 cm³/mol. The summed E-state index contributed by atoms with van der Waals surface area (Å²) in [7, 11) is 0. The average molecular weight is 401 g/mol. The van der Waals surface area contributed by atoms with E-state index in [-0.39, 0.29) is 9.70 Å². The lowest BCUT2D eigenvalue weighted by molar-refractivity contribution is 0.616. The van der Waals surface area contributed by atoms with Crippen molar-refractivity contribution in [2.75, 3.05) is 11.2 Å². The molecule has 0 aromatic rings. The quantitative estimate of drug-likeness (QED) is 0.503. The third-order valence-electron chi connectivity index (χ3n) is 2.11. The van der Waals surface area contributed by atoms with Gasteiger partial charge in [0.1, 0.15) is 0 Å². The summed E-state index contributed by atoms with van der Waals surface area (Å²) in [6.45, 7) is 3.99. The molecule has 0 aromatic heterocycles. The summed E-state index contributed by atoms with van der Waals surface area (Å²) in [6, 6.07) is 0. The monoisotopic (exact) mass is 398 g/mol. The Morgan fingerprint density at radius 1 is 1.40 bits per heavy atom. The van der Waals surface area contributed by atoms with Gasteiger partial charge in [-0.1, -0.05) is 43.5 Å². The van der Waals surface area contributed by atoms with Crippen LogP contribution < -0.4 is 0 Å². The van der Waals surface area contributed by atoms with Gasteiger partial charge in [-0.3, -0.25) is 0 Å². The number of rotatable bonds is 6. The largest absolute Gasteiger partial charge is 0.121 e. The van der Waals surface area contributed by atoms with Crippen molar-refractivity contribution in [3.8, 4) is 0 Å². The Bertz CT molecular complexity index is 221. The SMILES string of the molecule is CC(C)(Cl)C(Br)CC/C(CBr)=C(/Cl)CCl. The highest BCUT2D eigenvalue weighted by Gasteiger charge is 2.24. The van der Waals surface area contributed by atoms with Gasteiger partial charge in [0.2, 0.25) is 0 Å². The Morgan fingerprint density at radius 2 is 1.93 bits per heavy atom. The smallest absolute Gasteiger partial charge is 0.0581 e. The van der Waals surface area contributed by atoms with E-state index in [0.29, 0.717) is 5.88 Å². The van der Waals surface area contributed by atoms with Gasteiger partial charge in [0.15, 0.2) is 0 Å². The number of hydrogen-bond donors (Lipinski definition) is 0.